The first-order chi connectivity index (χ1) is 7.81. The lowest BCUT2D eigenvalue weighted by Crippen LogP contribution is -2.38. The van der Waals surface area contributed by atoms with Crippen LogP contribution >= 0.6 is 11.6 Å². The summed E-state index contributed by atoms with van der Waals surface area (Å²) in [5.41, 5.74) is 0.503. The molecule has 2 rings (SSSR count). The fourth-order valence-electron chi connectivity index (χ4n) is 2.08. The van der Waals surface area contributed by atoms with Gasteiger partial charge in [0.15, 0.2) is 0 Å². The molecule has 4 nitrogen and oxygen atoms in total. The first kappa shape index (κ1) is 11.3. The molecule has 0 saturated heterocycles. The van der Waals surface area contributed by atoms with E-state index in [0.29, 0.717) is 17.4 Å². The summed E-state index contributed by atoms with van der Waals surface area (Å²) in [5.74, 6) is 0.897. The molecule has 2 atom stereocenters. The fourth-order valence-corrected chi connectivity index (χ4v) is 2.45. The van der Waals surface area contributed by atoms with Crippen LogP contribution in [-0.4, -0.2) is 27.8 Å². The molecule has 1 amide bonds. The predicted molar refractivity (Wildman–Crippen MR) is 61.3 cm³/mol. The SMILES string of the molecule is O=C(NC1CCCC1CCl)c1cncnc1. The van der Waals surface area contributed by atoms with Crippen LogP contribution in [0.15, 0.2) is 18.7 Å². The second-order valence-corrected chi connectivity index (χ2v) is 4.36. The van der Waals surface area contributed by atoms with Crippen molar-refractivity contribution in [3.8, 4) is 0 Å². The van der Waals surface area contributed by atoms with E-state index in [2.05, 4.69) is 15.3 Å². The minimum atomic E-state index is -0.109. The van der Waals surface area contributed by atoms with Crippen molar-refractivity contribution in [1.29, 1.82) is 0 Å². The van der Waals surface area contributed by atoms with E-state index in [9.17, 15) is 4.79 Å². The van der Waals surface area contributed by atoms with E-state index in [1.54, 1.807) is 0 Å². The molecule has 2 unspecified atom stereocenters. The number of aromatic nitrogens is 2. The Morgan fingerprint density at radius 2 is 2.19 bits per heavy atom. The van der Waals surface area contributed by atoms with Gasteiger partial charge in [0.2, 0.25) is 0 Å². The van der Waals surface area contributed by atoms with Crippen molar-refractivity contribution in [2.45, 2.75) is 25.3 Å². The third kappa shape index (κ3) is 2.50. The summed E-state index contributed by atoms with van der Waals surface area (Å²) >= 11 is 5.86. The molecule has 5 heteroatoms. The molecule has 0 aliphatic heterocycles. The summed E-state index contributed by atoms with van der Waals surface area (Å²) < 4.78 is 0. The Balaban J connectivity index is 1.97. The monoisotopic (exact) mass is 239 g/mol. The number of hydrogen-bond donors (Lipinski definition) is 1. The number of halogens is 1. The van der Waals surface area contributed by atoms with Crippen LogP contribution in [0.5, 0.6) is 0 Å². The number of alkyl halides is 1. The Morgan fingerprint density at radius 1 is 1.44 bits per heavy atom. The number of hydrogen-bond acceptors (Lipinski definition) is 3. The molecule has 0 radical (unpaired) electrons. The van der Waals surface area contributed by atoms with Crippen LogP contribution in [-0.2, 0) is 0 Å². The van der Waals surface area contributed by atoms with Gasteiger partial charge in [-0.1, -0.05) is 6.42 Å². The molecule has 0 spiro atoms. The number of nitrogens with one attached hydrogen (secondary N) is 1. The number of carbonyl (C=O) groups is 1. The molecule has 1 saturated carbocycles. The van der Waals surface area contributed by atoms with Gasteiger partial charge in [0.05, 0.1) is 5.56 Å². The largest absolute Gasteiger partial charge is 0.349 e. The van der Waals surface area contributed by atoms with Gasteiger partial charge in [-0.15, -0.1) is 11.6 Å². The lowest BCUT2D eigenvalue weighted by Gasteiger charge is -2.18. The first-order valence-corrected chi connectivity index (χ1v) is 5.96. The van der Waals surface area contributed by atoms with E-state index in [4.69, 9.17) is 11.6 Å². The maximum Gasteiger partial charge on any atom is 0.254 e. The summed E-state index contributed by atoms with van der Waals surface area (Å²) in [5, 5.41) is 2.99. The third-order valence-corrected chi connectivity index (χ3v) is 3.39. The van der Waals surface area contributed by atoms with Crippen LogP contribution in [0.25, 0.3) is 0 Å². The zero-order chi connectivity index (χ0) is 11.4. The Morgan fingerprint density at radius 3 is 2.88 bits per heavy atom. The van der Waals surface area contributed by atoms with Crippen LogP contribution in [0.4, 0.5) is 0 Å². The van der Waals surface area contributed by atoms with E-state index in [1.165, 1.54) is 18.7 Å². The van der Waals surface area contributed by atoms with E-state index in [1.807, 2.05) is 0 Å². The molecule has 1 aliphatic carbocycles. The van der Waals surface area contributed by atoms with Gasteiger partial charge in [-0.05, 0) is 18.8 Å². The van der Waals surface area contributed by atoms with Crippen molar-refractivity contribution >= 4 is 17.5 Å². The molecule has 0 bridgehead atoms. The lowest BCUT2D eigenvalue weighted by molar-refractivity contribution is 0.0929. The van der Waals surface area contributed by atoms with Gasteiger partial charge in [-0.25, -0.2) is 9.97 Å². The van der Waals surface area contributed by atoms with Crippen molar-refractivity contribution < 1.29 is 4.79 Å². The van der Waals surface area contributed by atoms with E-state index >= 15 is 0 Å². The van der Waals surface area contributed by atoms with Gasteiger partial charge in [0, 0.05) is 24.3 Å². The Hall–Kier alpha value is -1.16. The normalized spacial score (nSPS) is 24.3. The van der Waals surface area contributed by atoms with Crippen molar-refractivity contribution in [2.24, 2.45) is 5.92 Å². The number of rotatable bonds is 3. The Labute approximate surface area is 99.4 Å². The molecular formula is C11H14ClN3O. The highest BCUT2D eigenvalue weighted by Gasteiger charge is 2.27. The Kier molecular flexibility index (Phi) is 3.72. The van der Waals surface area contributed by atoms with Gasteiger partial charge >= 0.3 is 0 Å². The van der Waals surface area contributed by atoms with Crippen LogP contribution in [0.1, 0.15) is 29.6 Å². The van der Waals surface area contributed by atoms with Crippen LogP contribution < -0.4 is 5.32 Å². The van der Waals surface area contributed by atoms with E-state index in [-0.39, 0.29) is 11.9 Å². The van der Waals surface area contributed by atoms with Gasteiger partial charge < -0.3 is 5.32 Å². The summed E-state index contributed by atoms with van der Waals surface area (Å²) in [6, 6.07) is 0.199. The molecule has 0 aromatic carbocycles. The smallest absolute Gasteiger partial charge is 0.254 e. The van der Waals surface area contributed by atoms with E-state index < -0.39 is 0 Å². The highest BCUT2D eigenvalue weighted by Crippen LogP contribution is 2.26. The quantitative estimate of drug-likeness (QED) is 0.816. The molecular weight excluding hydrogens is 226 g/mol. The average Bonchev–Trinajstić information content (AvgIpc) is 2.77. The molecule has 1 aliphatic rings. The standard InChI is InChI=1S/C11H14ClN3O/c12-4-8-2-1-3-10(8)15-11(16)9-5-13-7-14-6-9/h5-8,10H,1-4H2,(H,15,16). The molecule has 16 heavy (non-hydrogen) atoms. The van der Waals surface area contributed by atoms with Crippen molar-refractivity contribution in [2.75, 3.05) is 5.88 Å². The van der Waals surface area contributed by atoms with Gasteiger partial charge in [0.25, 0.3) is 5.91 Å². The summed E-state index contributed by atoms with van der Waals surface area (Å²) in [7, 11) is 0. The molecule has 1 aromatic heterocycles. The van der Waals surface area contributed by atoms with Crippen LogP contribution in [0.3, 0.4) is 0 Å². The second kappa shape index (κ2) is 5.25. The van der Waals surface area contributed by atoms with Crippen molar-refractivity contribution in [1.82, 2.24) is 15.3 Å². The molecule has 1 heterocycles. The number of carbonyl (C=O) groups excluding carboxylic acids is 1. The first-order valence-electron chi connectivity index (χ1n) is 5.43. The van der Waals surface area contributed by atoms with Gasteiger partial charge in [-0.2, -0.15) is 0 Å². The second-order valence-electron chi connectivity index (χ2n) is 4.05. The molecule has 1 fully saturated rings. The Bertz CT molecular complexity index is 358. The van der Waals surface area contributed by atoms with Crippen molar-refractivity contribution in [3.05, 3.63) is 24.3 Å². The molecule has 1 N–H and O–H groups in total. The average molecular weight is 240 g/mol. The number of amides is 1. The summed E-state index contributed by atoms with van der Waals surface area (Å²) in [6.45, 7) is 0. The van der Waals surface area contributed by atoms with Gasteiger partial charge in [-0.3, -0.25) is 4.79 Å². The molecule has 86 valence electrons. The van der Waals surface area contributed by atoms with E-state index in [0.717, 1.165) is 19.3 Å². The van der Waals surface area contributed by atoms with Gasteiger partial charge in [0.1, 0.15) is 6.33 Å². The summed E-state index contributed by atoms with van der Waals surface area (Å²) in [4.78, 5) is 19.5. The maximum atomic E-state index is 11.8. The van der Waals surface area contributed by atoms with Crippen LogP contribution in [0.2, 0.25) is 0 Å². The predicted octanol–water partition coefficient (Wildman–Crippen LogP) is 1.61. The summed E-state index contributed by atoms with van der Waals surface area (Å²) in [6.07, 6.45) is 7.69. The minimum absolute atomic E-state index is 0.109. The molecule has 1 aromatic rings. The minimum Gasteiger partial charge on any atom is -0.349 e. The zero-order valence-corrected chi connectivity index (χ0v) is 9.65. The van der Waals surface area contributed by atoms with Crippen LogP contribution in [0, 0.1) is 5.92 Å². The topological polar surface area (TPSA) is 54.9 Å². The maximum absolute atomic E-state index is 11.8. The van der Waals surface area contributed by atoms with Crippen molar-refractivity contribution in [3.63, 3.8) is 0 Å². The lowest BCUT2D eigenvalue weighted by atomic mass is 10.1. The number of nitrogens with zero attached hydrogens (tertiary/aromatic N) is 2. The zero-order valence-electron chi connectivity index (χ0n) is 8.90. The highest BCUT2D eigenvalue weighted by molar-refractivity contribution is 6.18. The highest BCUT2D eigenvalue weighted by atomic mass is 35.5. The fraction of sp³-hybridized carbons (Fsp3) is 0.545. The third-order valence-electron chi connectivity index (χ3n) is 3.00.